The lowest BCUT2D eigenvalue weighted by molar-refractivity contribution is -0.139. The summed E-state index contributed by atoms with van der Waals surface area (Å²) in [7, 11) is 1.59. The second-order valence-electron chi connectivity index (χ2n) is 6.70. The maximum absolute atomic E-state index is 13.3. The molecule has 1 atom stereocenters. The first-order chi connectivity index (χ1) is 14.5. The minimum absolute atomic E-state index is 0.205. The van der Waals surface area contributed by atoms with E-state index in [2.05, 4.69) is 9.98 Å². The van der Waals surface area contributed by atoms with Gasteiger partial charge in [-0.3, -0.25) is 9.36 Å². The van der Waals surface area contributed by atoms with Crippen molar-refractivity contribution in [2.45, 2.75) is 19.9 Å². The van der Waals surface area contributed by atoms with Crippen LogP contribution in [0.2, 0.25) is 0 Å². The molecule has 30 heavy (non-hydrogen) atoms. The maximum atomic E-state index is 13.3. The van der Waals surface area contributed by atoms with Crippen LogP contribution in [-0.2, 0) is 9.53 Å². The predicted molar refractivity (Wildman–Crippen MR) is 114 cm³/mol. The Kier molecular flexibility index (Phi) is 5.41. The molecule has 1 N–H and O–H groups in total. The summed E-state index contributed by atoms with van der Waals surface area (Å²) in [5.74, 6) is 0.217. The minimum atomic E-state index is -0.628. The number of hydrogen-bond donors (Lipinski definition) is 1. The number of ether oxygens (including phenoxy) is 2. The molecular formula is C22H21N3O4S. The number of rotatable bonds is 5. The van der Waals surface area contributed by atoms with Crippen molar-refractivity contribution in [3.63, 3.8) is 0 Å². The lowest BCUT2D eigenvalue weighted by Crippen LogP contribution is -2.39. The largest absolute Gasteiger partial charge is 0.497 e. The molecule has 154 valence electrons. The number of aromatic nitrogens is 2. The fourth-order valence-electron chi connectivity index (χ4n) is 3.47. The number of nitrogens with zero attached hydrogens (tertiary/aromatic N) is 2. The second kappa shape index (κ2) is 8.16. The van der Waals surface area contributed by atoms with E-state index in [1.54, 1.807) is 37.8 Å². The van der Waals surface area contributed by atoms with E-state index in [0.717, 1.165) is 11.3 Å². The predicted octanol–water partition coefficient (Wildman–Crippen LogP) is 2.14. The molecule has 0 radical (unpaired) electrons. The van der Waals surface area contributed by atoms with E-state index in [-0.39, 0.29) is 12.2 Å². The first-order valence-corrected chi connectivity index (χ1v) is 10.3. The molecule has 3 aromatic rings. The highest BCUT2D eigenvalue weighted by Gasteiger charge is 2.33. The Balaban J connectivity index is 1.95. The van der Waals surface area contributed by atoms with Gasteiger partial charge in [-0.2, -0.15) is 0 Å². The van der Waals surface area contributed by atoms with Crippen LogP contribution in [0.4, 0.5) is 0 Å². The van der Waals surface area contributed by atoms with Crippen LogP contribution in [0.15, 0.2) is 63.7 Å². The molecule has 8 heteroatoms. The molecule has 0 unspecified atom stereocenters. The third-order valence-corrected chi connectivity index (χ3v) is 5.84. The van der Waals surface area contributed by atoms with Crippen LogP contribution in [0.5, 0.6) is 5.75 Å². The monoisotopic (exact) mass is 423 g/mol. The van der Waals surface area contributed by atoms with Gasteiger partial charge in [-0.1, -0.05) is 23.5 Å². The molecule has 3 heterocycles. The summed E-state index contributed by atoms with van der Waals surface area (Å²) < 4.78 is 12.6. The van der Waals surface area contributed by atoms with Gasteiger partial charge in [-0.05, 0) is 49.8 Å². The number of hydrogen-bond acceptors (Lipinski definition) is 6. The summed E-state index contributed by atoms with van der Waals surface area (Å²) in [6.07, 6.45) is 3.59. The number of H-pyrrole nitrogens is 1. The molecule has 4 rings (SSSR count). The van der Waals surface area contributed by atoms with Gasteiger partial charge in [0.05, 0.1) is 35.6 Å². The Labute approximate surface area is 176 Å². The molecule has 0 amide bonds. The van der Waals surface area contributed by atoms with Crippen LogP contribution >= 0.6 is 11.3 Å². The van der Waals surface area contributed by atoms with E-state index >= 15 is 0 Å². The minimum Gasteiger partial charge on any atom is -0.497 e. The van der Waals surface area contributed by atoms with E-state index in [1.807, 2.05) is 36.4 Å². The normalized spacial score (nSPS) is 16.2. The third kappa shape index (κ3) is 3.50. The van der Waals surface area contributed by atoms with Gasteiger partial charge in [0, 0.05) is 11.9 Å². The third-order valence-electron chi connectivity index (χ3n) is 4.86. The SMILES string of the molecule is CCOC(=O)C1=C(C)N=c2s/c(=C/c3ccc[nH]3)c(=O)n2[C@@H]1c1ccc(OC)cc1. The van der Waals surface area contributed by atoms with Gasteiger partial charge in [-0.25, -0.2) is 9.79 Å². The lowest BCUT2D eigenvalue weighted by atomic mass is 9.96. The molecule has 0 bridgehead atoms. The first kappa shape index (κ1) is 19.9. The summed E-state index contributed by atoms with van der Waals surface area (Å²) >= 11 is 1.29. The molecule has 0 saturated carbocycles. The van der Waals surface area contributed by atoms with Crippen molar-refractivity contribution in [1.82, 2.24) is 9.55 Å². The zero-order valence-corrected chi connectivity index (χ0v) is 17.7. The van der Waals surface area contributed by atoms with Gasteiger partial charge in [0.2, 0.25) is 0 Å². The van der Waals surface area contributed by atoms with Crippen molar-refractivity contribution in [3.05, 3.63) is 84.8 Å². The topological polar surface area (TPSA) is 85.7 Å². The number of nitrogens with one attached hydrogen (secondary N) is 1. The molecular weight excluding hydrogens is 402 g/mol. The summed E-state index contributed by atoms with van der Waals surface area (Å²) in [6.45, 7) is 3.76. The number of allylic oxidation sites excluding steroid dienone is 1. The molecule has 1 aliphatic heterocycles. The molecule has 0 aliphatic carbocycles. The zero-order valence-electron chi connectivity index (χ0n) is 16.8. The molecule has 2 aromatic heterocycles. The second-order valence-corrected chi connectivity index (χ2v) is 7.71. The van der Waals surface area contributed by atoms with Crippen molar-refractivity contribution >= 4 is 23.4 Å². The summed E-state index contributed by atoms with van der Waals surface area (Å²) in [5, 5.41) is 0. The van der Waals surface area contributed by atoms with Gasteiger partial charge in [0.25, 0.3) is 5.56 Å². The fraction of sp³-hybridized carbons (Fsp3) is 0.227. The number of aromatic amines is 1. The van der Waals surface area contributed by atoms with Gasteiger partial charge in [-0.15, -0.1) is 0 Å². The van der Waals surface area contributed by atoms with Crippen molar-refractivity contribution in [2.75, 3.05) is 13.7 Å². The average Bonchev–Trinajstić information content (AvgIpc) is 3.36. The maximum Gasteiger partial charge on any atom is 0.338 e. The van der Waals surface area contributed by atoms with Crippen LogP contribution in [-0.4, -0.2) is 29.2 Å². The van der Waals surface area contributed by atoms with Crippen LogP contribution < -0.4 is 19.6 Å². The quantitative estimate of drug-likeness (QED) is 0.637. The fourth-order valence-corrected chi connectivity index (χ4v) is 4.51. The number of thiazole rings is 1. The number of esters is 1. The van der Waals surface area contributed by atoms with E-state index < -0.39 is 12.0 Å². The van der Waals surface area contributed by atoms with Crippen LogP contribution in [0, 0.1) is 0 Å². The zero-order chi connectivity index (χ0) is 21.3. The van der Waals surface area contributed by atoms with E-state index in [9.17, 15) is 9.59 Å². The highest BCUT2D eigenvalue weighted by Crippen LogP contribution is 2.31. The molecule has 1 aliphatic rings. The number of methoxy groups -OCH3 is 1. The Morgan fingerprint density at radius 3 is 2.70 bits per heavy atom. The standard InChI is InChI=1S/C22H21N3O4S/c1-4-29-21(27)18-13(2)24-22-25(19(18)14-7-9-16(28-3)10-8-14)20(26)17(30-22)12-15-6-5-11-23-15/h5-12,19,23H,4H2,1-3H3/b17-12+/t19-/m1/s1. The molecule has 1 aromatic carbocycles. The molecule has 0 saturated heterocycles. The Hall–Kier alpha value is -3.39. The highest BCUT2D eigenvalue weighted by molar-refractivity contribution is 7.07. The number of fused-ring (bicyclic) bond motifs is 1. The van der Waals surface area contributed by atoms with Crippen molar-refractivity contribution in [2.24, 2.45) is 4.99 Å². The van der Waals surface area contributed by atoms with Crippen molar-refractivity contribution in [3.8, 4) is 5.75 Å². The number of carbonyl (C=O) groups excluding carboxylic acids is 1. The first-order valence-electron chi connectivity index (χ1n) is 9.50. The van der Waals surface area contributed by atoms with E-state index in [4.69, 9.17) is 9.47 Å². The summed E-state index contributed by atoms with van der Waals surface area (Å²) in [5.41, 5.74) is 2.30. The molecule has 0 spiro atoms. The number of benzene rings is 1. The average molecular weight is 423 g/mol. The highest BCUT2D eigenvalue weighted by atomic mass is 32.1. The van der Waals surface area contributed by atoms with Crippen molar-refractivity contribution in [1.29, 1.82) is 0 Å². The van der Waals surface area contributed by atoms with E-state index in [0.29, 0.717) is 26.4 Å². The Bertz CT molecular complexity index is 1280. The Morgan fingerprint density at radius 1 is 1.30 bits per heavy atom. The summed E-state index contributed by atoms with van der Waals surface area (Å²) in [4.78, 5) is 34.3. The number of carbonyl (C=O) groups is 1. The van der Waals surface area contributed by atoms with Crippen molar-refractivity contribution < 1.29 is 14.3 Å². The molecule has 0 fully saturated rings. The van der Waals surface area contributed by atoms with Gasteiger partial charge >= 0.3 is 5.97 Å². The summed E-state index contributed by atoms with van der Waals surface area (Å²) in [6, 6.07) is 10.4. The van der Waals surface area contributed by atoms with Gasteiger partial charge in [0.15, 0.2) is 4.80 Å². The van der Waals surface area contributed by atoms with E-state index in [1.165, 1.54) is 11.3 Å². The van der Waals surface area contributed by atoms with Gasteiger partial charge in [0.1, 0.15) is 5.75 Å². The smallest absolute Gasteiger partial charge is 0.338 e. The molecule has 7 nitrogen and oxygen atoms in total. The lowest BCUT2D eigenvalue weighted by Gasteiger charge is -2.24. The van der Waals surface area contributed by atoms with Gasteiger partial charge < -0.3 is 14.5 Å². The van der Waals surface area contributed by atoms with Crippen LogP contribution in [0.1, 0.15) is 31.1 Å². The Morgan fingerprint density at radius 2 is 2.07 bits per heavy atom. The van der Waals surface area contributed by atoms with Crippen LogP contribution in [0.3, 0.4) is 0 Å². The van der Waals surface area contributed by atoms with Crippen LogP contribution in [0.25, 0.3) is 6.08 Å².